The molecule has 0 fully saturated rings. The lowest BCUT2D eigenvalue weighted by Gasteiger charge is -2.00. The van der Waals surface area contributed by atoms with E-state index in [-0.39, 0.29) is 22.4 Å². The van der Waals surface area contributed by atoms with Crippen molar-refractivity contribution in [3.63, 3.8) is 0 Å². The highest BCUT2D eigenvalue weighted by molar-refractivity contribution is 9.10. The van der Waals surface area contributed by atoms with Crippen molar-refractivity contribution in [2.75, 3.05) is 0 Å². The highest BCUT2D eigenvalue weighted by Crippen LogP contribution is 2.28. The minimum absolute atomic E-state index is 0.0384. The molecule has 70 valence electrons. The Bertz CT molecular complexity index is 359. The average molecular weight is 286 g/mol. The number of nitrogens with zero attached hydrogens (tertiary/aromatic N) is 2. The predicted octanol–water partition coefficient (Wildman–Crippen LogP) is 3.14. The average Bonchev–Trinajstić information content (AvgIpc) is 2.08. The summed E-state index contributed by atoms with van der Waals surface area (Å²) >= 11 is 14.1. The predicted molar refractivity (Wildman–Crippen MR) is 53.2 cm³/mol. The quantitative estimate of drug-likeness (QED) is 0.363. The second kappa shape index (κ2) is 4.21. The first-order chi connectivity index (χ1) is 6.06. The number of hydrogen-bond acceptors (Lipinski definition) is 3. The summed E-state index contributed by atoms with van der Waals surface area (Å²) in [5.74, 6) is -0.0384. The highest BCUT2D eigenvalue weighted by atomic mass is 79.9. The van der Waals surface area contributed by atoms with E-state index in [0.29, 0.717) is 4.47 Å². The van der Waals surface area contributed by atoms with Gasteiger partial charge in [-0.05, 0) is 15.9 Å². The lowest BCUT2D eigenvalue weighted by Crippen LogP contribution is -1.97. The number of pyridine rings is 1. The number of nitro groups is 1. The van der Waals surface area contributed by atoms with Crippen LogP contribution in [0, 0.1) is 10.1 Å². The third kappa shape index (κ3) is 2.30. The summed E-state index contributed by atoms with van der Waals surface area (Å²) in [6, 6.07) is 1.28. The zero-order valence-electron chi connectivity index (χ0n) is 6.13. The van der Waals surface area contributed by atoms with Crippen LogP contribution in [0.25, 0.3) is 0 Å². The normalized spacial score (nSPS) is 10.1. The lowest BCUT2D eigenvalue weighted by atomic mass is 10.3. The van der Waals surface area contributed by atoms with Crippen LogP contribution in [-0.2, 0) is 5.88 Å². The molecule has 7 heteroatoms. The minimum atomic E-state index is -0.550. The number of alkyl halides is 1. The molecule has 4 nitrogen and oxygen atoms in total. The van der Waals surface area contributed by atoms with Gasteiger partial charge in [0, 0.05) is 6.07 Å². The van der Waals surface area contributed by atoms with E-state index >= 15 is 0 Å². The Balaban J connectivity index is 3.33. The van der Waals surface area contributed by atoms with Crippen molar-refractivity contribution in [1.29, 1.82) is 0 Å². The maximum Gasteiger partial charge on any atom is 0.293 e. The highest BCUT2D eigenvalue weighted by Gasteiger charge is 2.17. The Morgan fingerprint density at radius 1 is 1.69 bits per heavy atom. The van der Waals surface area contributed by atoms with Crippen molar-refractivity contribution in [3.8, 4) is 0 Å². The van der Waals surface area contributed by atoms with Crippen molar-refractivity contribution in [2.24, 2.45) is 0 Å². The molecular formula is C6H3BrCl2N2O2. The molecular weight excluding hydrogens is 283 g/mol. The van der Waals surface area contributed by atoms with E-state index in [2.05, 4.69) is 20.9 Å². The van der Waals surface area contributed by atoms with Gasteiger partial charge in [-0.15, -0.1) is 11.6 Å². The molecule has 1 aromatic rings. The maximum atomic E-state index is 10.5. The van der Waals surface area contributed by atoms with Crippen LogP contribution >= 0.6 is 39.1 Å². The van der Waals surface area contributed by atoms with Gasteiger partial charge in [0.25, 0.3) is 5.69 Å². The number of rotatable bonds is 2. The lowest BCUT2D eigenvalue weighted by molar-refractivity contribution is -0.385. The van der Waals surface area contributed by atoms with Crippen LogP contribution in [0.1, 0.15) is 5.69 Å². The third-order valence-electron chi connectivity index (χ3n) is 1.31. The van der Waals surface area contributed by atoms with Gasteiger partial charge in [0.1, 0.15) is 10.8 Å². The molecule has 0 saturated carbocycles. The number of aromatic nitrogens is 1. The summed E-state index contributed by atoms with van der Waals surface area (Å²) in [5, 5.41) is 10.7. The molecule has 1 rings (SSSR count). The molecule has 1 heterocycles. The first kappa shape index (κ1) is 10.7. The van der Waals surface area contributed by atoms with Gasteiger partial charge in [0.15, 0.2) is 0 Å². The standard InChI is InChI=1S/C6H3BrCl2N2O2/c7-3-1-5(11(12)13)4(2-8)10-6(3)9/h1H,2H2. The van der Waals surface area contributed by atoms with Crippen LogP contribution in [-0.4, -0.2) is 9.91 Å². The molecule has 0 unspecified atom stereocenters. The van der Waals surface area contributed by atoms with Gasteiger partial charge in [-0.1, -0.05) is 11.6 Å². The summed E-state index contributed by atoms with van der Waals surface area (Å²) in [6.07, 6.45) is 0. The molecule has 0 N–H and O–H groups in total. The molecule has 0 radical (unpaired) electrons. The molecule has 0 saturated heterocycles. The molecule has 0 amide bonds. The van der Waals surface area contributed by atoms with Gasteiger partial charge < -0.3 is 0 Å². The van der Waals surface area contributed by atoms with Crippen LogP contribution in [0.5, 0.6) is 0 Å². The second-order valence-corrected chi connectivity index (χ2v) is 3.60. The monoisotopic (exact) mass is 284 g/mol. The first-order valence-corrected chi connectivity index (χ1v) is 4.82. The first-order valence-electron chi connectivity index (χ1n) is 3.11. The summed E-state index contributed by atoms with van der Waals surface area (Å²) in [4.78, 5) is 13.7. The van der Waals surface area contributed by atoms with Gasteiger partial charge in [-0.3, -0.25) is 10.1 Å². The van der Waals surface area contributed by atoms with Crippen molar-refractivity contribution >= 4 is 44.8 Å². The van der Waals surface area contributed by atoms with Gasteiger partial charge in [-0.2, -0.15) is 0 Å². The molecule has 0 aliphatic rings. The fraction of sp³-hybridized carbons (Fsp3) is 0.167. The van der Waals surface area contributed by atoms with Crippen molar-refractivity contribution < 1.29 is 4.92 Å². The van der Waals surface area contributed by atoms with Gasteiger partial charge in [-0.25, -0.2) is 4.98 Å². The Kier molecular flexibility index (Phi) is 3.47. The Hall–Kier alpha value is -0.390. The molecule has 0 spiro atoms. The zero-order valence-corrected chi connectivity index (χ0v) is 9.23. The van der Waals surface area contributed by atoms with Gasteiger partial charge in [0.05, 0.1) is 15.3 Å². The van der Waals surface area contributed by atoms with Crippen LogP contribution in [0.4, 0.5) is 5.69 Å². The molecule has 1 aromatic heterocycles. The minimum Gasteiger partial charge on any atom is -0.258 e. The smallest absolute Gasteiger partial charge is 0.258 e. The van der Waals surface area contributed by atoms with Gasteiger partial charge in [0.2, 0.25) is 0 Å². The van der Waals surface area contributed by atoms with E-state index in [0.717, 1.165) is 0 Å². The molecule has 0 aliphatic carbocycles. The van der Waals surface area contributed by atoms with Crippen molar-refractivity contribution in [1.82, 2.24) is 4.98 Å². The summed E-state index contributed by atoms with van der Waals surface area (Å²) in [7, 11) is 0. The van der Waals surface area contributed by atoms with Crippen molar-refractivity contribution in [3.05, 3.63) is 31.5 Å². The van der Waals surface area contributed by atoms with Crippen LogP contribution in [0.2, 0.25) is 5.15 Å². The largest absolute Gasteiger partial charge is 0.293 e. The topological polar surface area (TPSA) is 56.0 Å². The summed E-state index contributed by atoms with van der Waals surface area (Å²) in [5.41, 5.74) is 0.0335. The van der Waals surface area contributed by atoms with E-state index in [1.807, 2.05) is 0 Å². The molecule has 0 bridgehead atoms. The molecule has 0 atom stereocenters. The molecule has 13 heavy (non-hydrogen) atoms. The number of hydrogen-bond donors (Lipinski definition) is 0. The fourth-order valence-electron chi connectivity index (χ4n) is 0.748. The van der Waals surface area contributed by atoms with Crippen LogP contribution < -0.4 is 0 Å². The van der Waals surface area contributed by atoms with Crippen molar-refractivity contribution in [2.45, 2.75) is 5.88 Å². The fourth-order valence-corrected chi connectivity index (χ4v) is 1.41. The Morgan fingerprint density at radius 2 is 2.31 bits per heavy atom. The maximum absolute atomic E-state index is 10.5. The van der Waals surface area contributed by atoms with E-state index in [1.165, 1.54) is 6.07 Å². The van der Waals surface area contributed by atoms with Gasteiger partial charge >= 0.3 is 0 Å². The molecule has 0 aromatic carbocycles. The Morgan fingerprint density at radius 3 is 2.77 bits per heavy atom. The zero-order chi connectivity index (χ0) is 10.0. The third-order valence-corrected chi connectivity index (χ3v) is 2.69. The van der Waals surface area contributed by atoms with E-state index in [1.54, 1.807) is 0 Å². The van der Waals surface area contributed by atoms with Crippen LogP contribution in [0.15, 0.2) is 10.5 Å². The number of halogens is 3. The summed E-state index contributed by atoms with van der Waals surface area (Å²) < 4.78 is 0.384. The van der Waals surface area contributed by atoms with E-state index in [9.17, 15) is 10.1 Å². The molecule has 0 aliphatic heterocycles. The second-order valence-electron chi connectivity index (χ2n) is 2.12. The van der Waals surface area contributed by atoms with Crippen LogP contribution in [0.3, 0.4) is 0 Å². The van der Waals surface area contributed by atoms with E-state index < -0.39 is 4.92 Å². The summed E-state index contributed by atoms with van der Waals surface area (Å²) in [6.45, 7) is 0. The SMILES string of the molecule is O=[N+]([O-])c1cc(Br)c(Cl)nc1CCl. The Labute approximate surface area is 92.1 Å². The van der Waals surface area contributed by atoms with E-state index in [4.69, 9.17) is 23.2 Å².